The van der Waals surface area contributed by atoms with Gasteiger partial charge in [0.1, 0.15) is 4.90 Å². The summed E-state index contributed by atoms with van der Waals surface area (Å²) >= 11 is 0. The predicted molar refractivity (Wildman–Crippen MR) is 93.6 cm³/mol. The third-order valence-electron chi connectivity index (χ3n) is 2.81. The Labute approximate surface area is 190 Å². The number of carbonyl (C=O) groups is 2. The number of carbonyl (C=O) groups excluding carboxylic acids is 2. The summed E-state index contributed by atoms with van der Waals surface area (Å²) in [6.07, 6.45) is 0. The predicted octanol–water partition coefficient (Wildman–Crippen LogP) is 1.91. The number of benzene rings is 1. The van der Waals surface area contributed by atoms with Gasteiger partial charge >= 0.3 is 63.3 Å². The molecule has 1 aromatic rings. The van der Waals surface area contributed by atoms with Gasteiger partial charge in [0.2, 0.25) is 0 Å². The van der Waals surface area contributed by atoms with Crippen LogP contribution in [0.2, 0.25) is 0 Å². The van der Waals surface area contributed by atoms with Crippen LogP contribution in [0.15, 0.2) is 23.1 Å². The summed E-state index contributed by atoms with van der Waals surface area (Å²) < 4.78 is 42.4. The van der Waals surface area contributed by atoms with E-state index in [2.05, 4.69) is 0 Å². The number of hydrogen-bond donors (Lipinski definition) is 1. The van der Waals surface area contributed by atoms with Crippen LogP contribution in [0.5, 0.6) is 0 Å². The van der Waals surface area contributed by atoms with Crippen molar-refractivity contribution in [3.8, 4) is 0 Å². The molecule has 0 aliphatic carbocycles. The Balaban J connectivity index is 0.00000576. The molecule has 0 spiro atoms. The first-order valence-corrected chi connectivity index (χ1v) is 8.92. The summed E-state index contributed by atoms with van der Waals surface area (Å²) in [6, 6.07) is 3.28. The Bertz CT molecular complexity index is 711. The number of ether oxygens (including phenoxy) is 2. The van der Waals surface area contributed by atoms with Crippen molar-refractivity contribution < 1.29 is 32.0 Å². The second-order valence-electron chi connectivity index (χ2n) is 6.17. The second-order valence-corrected chi connectivity index (χ2v) is 7.56. The van der Waals surface area contributed by atoms with Crippen LogP contribution in [-0.2, 0) is 19.6 Å². The molecule has 0 saturated carbocycles. The van der Waals surface area contributed by atoms with E-state index in [1.807, 2.05) is 27.7 Å². The summed E-state index contributed by atoms with van der Waals surface area (Å²) in [7, 11) is -4.71. The first-order chi connectivity index (χ1) is 11.0. The average molecular weight is 399 g/mol. The zero-order chi connectivity index (χ0) is 18.5. The van der Waals surface area contributed by atoms with Crippen molar-refractivity contribution in [3.05, 3.63) is 29.3 Å². The molecule has 0 heterocycles. The summed E-state index contributed by atoms with van der Waals surface area (Å²) in [6.45, 7) is 7.62. The van der Waals surface area contributed by atoms with Crippen LogP contribution in [0.3, 0.4) is 0 Å². The van der Waals surface area contributed by atoms with Gasteiger partial charge in [-0.2, -0.15) is 8.42 Å². The van der Waals surface area contributed by atoms with Gasteiger partial charge in [-0.05, 0) is 30.0 Å². The van der Waals surface area contributed by atoms with Crippen LogP contribution in [0.25, 0.3) is 0 Å². The standard InChI is InChI=1S/C16H22O7S.K.H/c1-10(2)8-22-15(17)12-5-6-13(14(7-12)24(19,20)21)16(18)23-9-11(3)4;;/h5-7,10-11H,8-9H2,1-4H3,(H,19,20,21);;. The van der Waals surface area contributed by atoms with Crippen LogP contribution in [-0.4, -0.2) is 89.5 Å². The number of hydrogen-bond acceptors (Lipinski definition) is 6. The van der Waals surface area contributed by atoms with E-state index in [-0.39, 0.29) is 87.6 Å². The molecule has 9 heteroatoms. The van der Waals surface area contributed by atoms with Gasteiger partial charge in [-0.25, -0.2) is 9.59 Å². The van der Waals surface area contributed by atoms with Crippen LogP contribution < -0.4 is 0 Å². The van der Waals surface area contributed by atoms with E-state index in [0.717, 1.165) is 12.1 Å². The molecule has 0 unspecified atom stereocenters. The normalized spacial score (nSPS) is 11.2. The molecule has 25 heavy (non-hydrogen) atoms. The molecule has 0 saturated heterocycles. The van der Waals surface area contributed by atoms with E-state index in [1.165, 1.54) is 6.07 Å². The van der Waals surface area contributed by atoms with Crippen molar-refractivity contribution in [1.29, 1.82) is 0 Å². The monoisotopic (exact) mass is 398 g/mol. The average Bonchev–Trinajstić information content (AvgIpc) is 2.48. The van der Waals surface area contributed by atoms with Crippen molar-refractivity contribution in [1.82, 2.24) is 0 Å². The van der Waals surface area contributed by atoms with Crippen molar-refractivity contribution in [2.24, 2.45) is 11.8 Å². The van der Waals surface area contributed by atoms with Crippen molar-refractivity contribution in [3.63, 3.8) is 0 Å². The van der Waals surface area contributed by atoms with Crippen molar-refractivity contribution in [2.45, 2.75) is 32.6 Å². The molecule has 0 atom stereocenters. The molecular weight excluding hydrogens is 375 g/mol. The maximum absolute atomic E-state index is 12.0. The molecule has 0 aliphatic heterocycles. The Morgan fingerprint density at radius 1 is 1.00 bits per heavy atom. The van der Waals surface area contributed by atoms with E-state index < -0.39 is 27.0 Å². The van der Waals surface area contributed by atoms with Gasteiger partial charge in [0.05, 0.1) is 24.3 Å². The maximum atomic E-state index is 12.0. The van der Waals surface area contributed by atoms with Crippen molar-refractivity contribution in [2.75, 3.05) is 13.2 Å². The molecule has 7 nitrogen and oxygen atoms in total. The summed E-state index contributed by atoms with van der Waals surface area (Å²) in [4.78, 5) is 23.2. The molecule has 0 radical (unpaired) electrons. The first-order valence-electron chi connectivity index (χ1n) is 7.48. The second kappa shape index (κ2) is 10.8. The molecule has 0 amide bonds. The van der Waals surface area contributed by atoms with Gasteiger partial charge in [-0.15, -0.1) is 0 Å². The molecular formula is C16H23KO7S. The molecule has 0 fully saturated rings. The molecule has 0 bridgehead atoms. The minimum absolute atomic E-state index is 0. The Hall–Kier alpha value is -0.294. The van der Waals surface area contributed by atoms with Gasteiger partial charge in [0.25, 0.3) is 10.1 Å². The van der Waals surface area contributed by atoms with E-state index in [9.17, 15) is 22.6 Å². The van der Waals surface area contributed by atoms with Gasteiger partial charge in [0.15, 0.2) is 0 Å². The SMILES string of the molecule is CC(C)COC(=O)c1ccc(C(=O)OCC(C)C)c(S(=O)(=O)O)c1.[KH]. The first kappa shape index (κ1) is 24.7. The Morgan fingerprint density at radius 2 is 1.48 bits per heavy atom. The van der Waals surface area contributed by atoms with Gasteiger partial charge in [-0.3, -0.25) is 4.55 Å². The van der Waals surface area contributed by atoms with Crippen LogP contribution in [0.4, 0.5) is 0 Å². The third-order valence-corrected chi connectivity index (χ3v) is 3.70. The summed E-state index contributed by atoms with van der Waals surface area (Å²) in [5.74, 6) is -1.46. The Morgan fingerprint density at radius 3 is 1.92 bits per heavy atom. The van der Waals surface area contributed by atoms with Crippen molar-refractivity contribution >= 4 is 73.4 Å². The van der Waals surface area contributed by atoms with Gasteiger partial charge in [0, 0.05) is 0 Å². The molecule has 1 rings (SSSR count). The zero-order valence-electron chi connectivity index (χ0n) is 14.1. The summed E-state index contributed by atoms with van der Waals surface area (Å²) in [5.41, 5.74) is -0.415. The van der Waals surface area contributed by atoms with Crippen LogP contribution in [0.1, 0.15) is 48.4 Å². The molecule has 0 aliphatic rings. The molecule has 1 N–H and O–H groups in total. The zero-order valence-corrected chi connectivity index (χ0v) is 14.9. The number of rotatable bonds is 7. The van der Waals surface area contributed by atoms with E-state index >= 15 is 0 Å². The quantitative estimate of drug-likeness (QED) is 0.425. The Kier molecular flexibility index (Phi) is 10.6. The minimum atomic E-state index is -4.71. The fourth-order valence-corrected chi connectivity index (χ4v) is 2.38. The van der Waals surface area contributed by atoms with Crippen LogP contribution >= 0.6 is 0 Å². The van der Waals surface area contributed by atoms with Gasteiger partial charge in [-0.1, -0.05) is 27.7 Å². The fraction of sp³-hybridized carbons (Fsp3) is 0.500. The fourth-order valence-electron chi connectivity index (χ4n) is 1.68. The van der Waals surface area contributed by atoms with E-state index in [4.69, 9.17) is 9.47 Å². The van der Waals surface area contributed by atoms with Crippen LogP contribution in [0, 0.1) is 11.8 Å². The third kappa shape index (κ3) is 8.29. The topological polar surface area (TPSA) is 107 Å². The summed E-state index contributed by atoms with van der Waals surface area (Å²) in [5, 5.41) is 0. The van der Waals surface area contributed by atoms with E-state index in [0.29, 0.717) is 0 Å². The molecule has 136 valence electrons. The van der Waals surface area contributed by atoms with E-state index in [1.54, 1.807) is 0 Å². The van der Waals surface area contributed by atoms with Gasteiger partial charge < -0.3 is 9.47 Å². The molecule has 1 aromatic carbocycles. The number of esters is 2. The molecule has 0 aromatic heterocycles.